The summed E-state index contributed by atoms with van der Waals surface area (Å²) in [7, 11) is 1.54. The van der Waals surface area contributed by atoms with E-state index in [-0.39, 0.29) is 11.9 Å². The van der Waals surface area contributed by atoms with E-state index in [0.717, 1.165) is 28.8 Å². The summed E-state index contributed by atoms with van der Waals surface area (Å²) in [6, 6.07) is 11.6. The lowest BCUT2D eigenvalue weighted by Crippen LogP contribution is -2.23. The number of carbonyl (C=O) groups is 1. The minimum atomic E-state index is -0.0137. The van der Waals surface area contributed by atoms with Crippen molar-refractivity contribution < 1.29 is 9.53 Å². The number of hydrogen-bond donors (Lipinski definition) is 2. The van der Waals surface area contributed by atoms with E-state index in [1.54, 1.807) is 6.07 Å². The van der Waals surface area contributed by atoms with Crippen molar-refractivity contribution in [3.8, 4) is 5.88 Å². The molecule has 2 aromatic rings. The Morgan fingerprint density at radius 1 is 1.36 bits per heavy atom. The molecule has 3 rings (SSSR count). The Morgan fingerprint density at radius 2 is 2.12 bits per heavy atom. The van der Waals surface area contributed by atoms with Crippen LogP contribution in [0.3, 0.4) is 0 Å². The van der Waals surface area contributed by atoms with Crippen LogP contribution in [0.25, 0.3) is 5.57 Å². The number of nitrogens with two attached hydrogens (primary N) is 1. The highest BCUT2D eigenvalue weighted by Gasteiger charge is 2.21. The summed E-state index contributed by atoms with van der Waals surface area (Å²) in [5.74, 6) is 0.444. The van der Waals surface area contributed by atoms with Gasteiger partial charge in [0.1, 0.15) is 5.02 Å². The van der Waals surface area contributed by atoms with Gasteiger partial charge in [-0.3, -0.25) is 4.79 Å². The fourth-order valence-electron chi connectivity index (χ4n) is 2.83. The molecule has 1 atom stereocenters. The van der Waals surface area contributed by atoms with Crippen molar-refractivity contribution in [3.63, 3.8) is 0 Å². The van der Waals surface area contributed by atoms with E-state index in [0.29, 0.717) is 23.9 Å². The molecule has 0 radical (unpaired) electrons. The van der Waals surface area contributed by atoms with Crippen LogP contribution in [0.5, 0.6) is 5.88 Å². The van der Waals surface area contributed by atoms with E-state index >= 15 is 0 Å². The number of aromatic nitrogens is 1. The van der Waals surface area contributed by atoms with Crippen molar-refractivity contribution >= 4 is 23.1 Å². The maximum absolute atomic E-state index is 11.5. The SMILES string of the molecule is COc1nc(C(=C[C@H]2CCC(=O)N2)c2ccc(CN)cc2)ccc1Cl. The third-order valence-corrected chi connectivity index (χ3v) is 4.47. The molecule has 1 aliphatic heterocycles. The van der Waals surface area contributed by atoms with Crippen molar-refractivity contribution in [3.05, 3.63) is 64.3 Å². The largest absolute Gasteiger partial charge is 0.480 e. The molecule has 25 heavy (non-hydrogen) atoms. The van der Waals surface area contributed by atoms with Crippen molar-refractivity contribution in [1.82, 2.24) is 10.3 Å². The number of halogens is 1. The molecule has 1 aromatic carbocycles. The number of methoxy groups -OCH3 is 1. The summed E-state index contributed by atoms with van der Waals surface area (Å²) in [6.45, 7) is 0.491. The molecule has 0 bridgehead atoms. The fourth-order valence-corrected chi connectivity index (χ4v) is 3.01. The van der Waals surface area contributed by atoms with E-state index in [1.165, 1.54) is 7.11 Å². The van der Waals surface area contributed by atoms with Crippen molar-refractivity contribution in [1.29, 1.82) is 0 Å². The zero-order valence-electron chi connectivity index (χ0n) is 14.0. The third kappa shape index (κ3) is 4.00. The molecular weight excluding hydrogens is 338 g/mol. The first-order valence-electron chi connectivity index (χ1n) is 8.12. The Balaban J connectivity index is 2.04. The molecule has 3 N–H and O–H groups in total. The maximum Gasteiger partial charge on any atom is 0.232 e. The maximum atomic E-state index is 11.5. The number of amides is 1. The molecule has 2 heterocycles. The summed E-state index contributed by atoms with van der Waals surface area (Å²) in [5.41, 5.74) is 9.39. The van der Waals surface area contributed by atoms with E-state index in [1.807, 2.05) is 36.4 Å². The molecule has 1 saturated heterocycles. The first-order chi connectivity index (χ1) is 12.1. The quantitative estimate of drug-likeness (QED) is 0.862. The summed E-state index contributed by atoms with van der Waals surface area (Å²) in [4.78, 5) is 16.0. The van der Waals surface area contributed by atoms with Crippen LogP contribution in [0.15, 0.2) is 42.5 Å². The van der Waals surface area contributed by atoms with Crippen LogP contribution in [0.1, 0.15) is 29.7 Å². The Bertz CT molecular complexity index is 803. The van der Waals surface area contributed by atoms with Gasteiger partial charge >= 0.3 is 0 Å². The standard InChI is InChI=1S/C19H20ClN3O2/c1-25-19-16(20)7-8-17(23-19)15(10-14-6-9-18(24)22-14)13-4-2-12(11-21)3-5-13/h2-5,7-8,10,14H,6,9,11,21H2,1H3,(H,22,24)/t14-/m1/s1. The highest BCUT2D eigenvalue weighted by atomic mass is 35.5. The van der Waals surface area contributed by atoms with E-state index in [9.17, 15) is 4.79 Å². The number of nitrogens with one attached hydrogen (secondary N) is 1. The van der Waals surface area contributed by atoms with Crippen molar-refractivity contribution in [2.24, 2.45) is 5.73 Å². The lowest BCUT2D eigenvalue weighted by molar-refractivity contribution is -0.119. The topological polar surface area (TPSA) is 77.2 Å². The van der Waals surface area contributed by atoms with Gasteiger partial charge in [-0.15, -0.1) is 0 Å². The Kier molecular flexibility index (Phi) is 5.36. The van der Waals surface area contributed by atoms with Crippen LogP contribution >= 0.6 is 11.6 Å². The number of pyridine rings is 1. The first-order valence-corrected chi connectivity index (χ1v) is 8.50. The lowest BCUT2D eigenvalue weighted by Gasteiger charge is -2.13. The Hall–Kier alpha value is -2.37. The average molecular weight is 358 g/mol. The molecule has 0 saturated carbocycles. The third-order valence-electron chi connectivity index (χ3n) is 4.18. The second-order valence-corrected chi connectivity index (χ2v) is 6.29. The van der Waals surface area contributed by atoms with Crippen molar-refractivity contribution in [2.75, 3.05) is 7.11 Å². The lowest BCUT2D eigenvalue weighted by atomic mass is 9.98. The molecule has 1 fully saturated rings. The van der Waals surface area contributed by atoms with Gasteiger partial charge in [0.15, 0.2) is 0 Å². The van der Waals surface area contributed by atoms with E-state index < -0.39 is 0 Å². The number of ether oxygens (including phenoxy) is 1. The normalized spacial score (nSPS) is 17.5. The van der Waals surface area contributed by atoms with E-state index in [4.69, 9.17) is 22.1 Å². The van der Waals surface area contributed by atoms with Gasteiger partial charge in [0.2, 0.25) is 11.8 Å². The number of nitrogens with zero attached hydrogens (tertiary/aromatic N) is 1. The number of carbonyl (C=O) groups excluding carboxylic acids is 1. The molecule has 0 aliphatic carbocycles. The van der Waals surface area contributed by atoms with Crippen LogP contribution in [-0.2, 0) is 11.3 Å². The second kappa shape index (κ2) is 7.68. The van der Waals surface area contributed by atoms with Crippen LogP contribution in [0.2, 0.25) is 5.02 Å². The molecule has 6 heteroatoms. The highest BCUT2D eigenvalue weighted by Crippen LogP contribution is 2.29. The number of rotatable bonds is 5. The van der Waals surface area contributed by atoms with Gasteiger partial charge in [-0.1, -0.05) is 41.9 Å². The minimum Gasteiger partial charge on any atom is -0.480 e. The van der Waals surface area contributed by atoms with Crippen molar-refractivity contribution in [2.45, 2.75) is 25.4 Å². The molecular formula is C19H20ClN3O2. The summed E-state index contributed by atoms with van der Waals surface area (Å²) in [5, 5.41) is 3.42. The monoisotopic (exact) mass is 357 g/mol. The molecule has 1 aliphatic rings. The Labute approximate surface area is 151 Å². The first kappa shape index (κ1) is 17.5. The Morgan fingerprint density at radius 3 is 2.72 bits per heavy atom. The smallest absolute Gasteiger partial charge is 0.232 e. The predicted molar refractivity (Wildman–Crippen MR) is 98.4 cm³/mol. The number of benzene rings is 1. The van der Waals surface area contributed by atoms with Gasteiger partial charge in [-0.25, -0.2) is 4.98 Å². The molecule has 0 spiro atoms. The molecule has 130 valence electrons. The predicted octanol–water partition coefficient (Wildman–Crippen LogP) is 2.91. The van der Waals surface area contributed by atoms with Gasteiger partial charge in [-0.05, 0) is 29.7 Å². The minimum absolute atomic E-state index is 0.0137. The van der Waals surface area contributed by atoms with Gasteiger partial charge in [-0.2, -0.15) is 0 Å². The molecule has 0 unspecified atom stereocenters. The zero-order valence-corrected chi connectivity index (χ0v) is 14.7. The summed E-state index contributed by atoms with van der Waals surface area (Å²) >= 11 is 6.10. The van der Waals surface area contributed by atoms with Gasteiger partial charge < -0.3 is 15.8 Å². The van der Waals surface area contributed by atoms with Crippen LogP contribution in [0, 0.1) is 0 Å². The summed E-state index contributed by atoms with van der Waals surface area (Å²) < 4.78 is 5.24. The highest BCUT2D eigenvalue weighted by molar-refractivity contribution is 6.31. The fraction of sp³-hybridized carbons (Fsp3) is 0.263. The zero-order chi connectivity index (χ0) is 17.8. The average Bonchev–Trinajstić information content (AvgIpc) is 3.05. The molecule has 1 amide bonds. The van der Waals surface area contributed by atoms with Crippen LogP contribution in [0.4, 0.5) is 0 Å². The summed E-state index contributed by atoms with van der Waals surface area (Å²) in [6.07, 6.45) is 3.35. The van der Waals surface area contributed by atoms with Gasteiger partial charge in [0.05, 0.1) is 12.8 Å². The molecule has 1 aromatic heterocycles. The molecule has 5 nitrogen and oxygen atoms in total. The number of hydrogen-bond acceptors (Lipinski definition) is 4. The van der Waals surface area contributed by atoms with Gasteiger partial charge in [0.25, 0.3) is 0 Å². The van der Waals surface area contributed by atoms with Crippen LogP contribution < -0.4 is 15.8 Å². The second-order valence-electron chi connectivity index (χ2n) is 5.88. The van der Waals surface area contributed by atoms with E-state index in [2.05, 4.69) is 10.3 Å². The van der Waals surface area contributed by atoms with Gasteiger partial charge in [0, 0.05) is 24.6 Å². The van der Waals surface area contributed by atoms with Crippen LogP contribution in [-0.4, -0.2) is 24.0 Å².